The van der Waals surface area contributed by atoms with Crippen molar-refractivity contribution in [2.75, 3.05) is 25.9 Å². The SMILES string of the molecule is CCOCn1c(-c2ccc(Cl)cc2)c(C#N)c(Br)c1C(F)(F)F.COC(=O)N(OC)c1ccccc1COc1ccn(-c2ccc(Cl)cc2)n1. The van der Waals surface area contributed by atoms with Crippen LogP contribution in [-0.4, -0.2) is 41.3 Å². The number of para-hydroxylation sites is 1. The molecule has 0 N–H and O–H groups in total. The van der Waals surface area contributed by atoms with Crippen molar-refractivity contribution in [1.29, 1.82) is 5.26 Å². The predicted octanol–water partition coefficient (Wildman–Crippen LogP) is 9.69. The number of anilines is 1. The Morgan fingerprint density at radius 1 is 1.00 bits per heavy atom. The fourth-order valence-corrected chi connectivity index (χ4v) is 5.61. The number of benzene rings is 3. The summed E-state index contributed by atoms with van der Waals surface area (Å²) in [5.41, 5.74) is 1.67. The second kappa shape index (κ2) is 17.4. The van der Waals surface area contributed by atoms with Crippen LogP contribution in [0.4, 0.5) is 23.7 Å². The van der Waals surface area contributed by atoms with Crippen molar-refractivity contribution >= 4 is 50.9 Å². The van der Waals surface area contributed by atoms with E-state index in [1.165, 1.54) is 14.2 Å². The third-order valence-electron chi connectivity index (χ3n) is 6.89. The molecule has 5 aromatic rings. The number of carbonyl (C=O) groups excluding carboxylic acids is 1. The molecule has 0 bridgehead atoms. The first-order valence-corrected chi connectivity index (χ1v) is 16.2. The lowest BCUT2D eigenvalue weighted by molar-refractivity contribution is -0.146. The fraction of sp³-hybridized carbons (Fsp3) is 0.206. The maximum Gasteiger partial charge on any atom is 0.438 e. The summed E-state index contributed by atoms with van der Waals surface area (Å²) in [4.78, 5) is 17.0. The van der Waals surface area contributed by atoms with Crippen LogP contribution in [0.25, 0.3) is 16.9 Å². The molecule has 0 unspecified atom stereocenters. The van der Waals surface area contributed by atoms with Gasteiger partial charge in [0.2, 0.25) is 5.88 Å². The van der Waals surface area contributed by atoms with Crippen molar-refractivity contribution in [2.45, 2.75) is 26.4 Å². The van der Waals surface area contributed by atoms with Crippen LogP contribution in [0.5, 0.6) is 5.88 Å². The Morgan fingerprint density at radius 3 is 2.22 bits per heavy atom. The number of ether oxygens (including phenoxy) is 3. The number of methoxy groups -OCH3 is 1. The summed E-state index contributed by atoms with van der Waals surface area (Å²) in [6.45, 7) is 1.81. The van der Waals surface area contributed by atoms with Gasteiger partial charge in [-0.3, -0.25) is 4.84 Å². The van der Waals surface area contributed by atoms with Gasteiger partial charge in [-0.1, -0.05) is 53.5 Å². The van der Waals surface area contributed by atoms with E-state index in [1.807, 2.05) is 30.3 Å². The Hall–Kier alpha value is -4.52. The first-order chi connectivity index (χ1) is 23.9. The molecule has 10 nitrogen and oxygen atoms in total. The van der Waals surface area contributed by atoms with Crippen molar-refractivity contribution in [3.8, 4) is 28.9 Å². The van der Waals surface area contributed by atoms with Crippen LogP contribution in [0, 0.1) is 11.3 Å². The number of nitriles is 1. The molecule has 2 heterocycles. The largest absolute Gasteiger partial charge is 0.472 e. The zero-order valence-electron chi connectivity index (χ0n) is 26.7. The average molecular weight is 795 g/mol. The minimum atomic E-state index is -4.63. The van der Waals surface area contributed by atoms with Gasteiger partial charge in [-0.15, -0.1) is 5.10 Å². The first-order valence-electron chi connectivity index (χ1n) is 14.6. The second-order valence-corrected chi connectivity index (χ2v) is 11.7. The summed E-state index contributed by atoms with van der Waals surface area (Å²) < 4.78 is 58.2. The summed E-state index contributed by atoms with van der Waals surface area (Å²) in [6.07, 6.45) is -3.47. The second-order valence-electron chi connectivity index (χ2n) is 9.99. The normalized spacial score (nSPS) is 11.0. The van der Waals surface area contributed by atoms with E-state index >= 15 is 0 Å². The number of aromatic nitrogens is 3. The van der Waals surface area contributed by atoms with Crippen LogP contribution in [0.2, 0.25) is 10.0 Å². The number of carbonyl (C=O) groups is 1. The minimum absolute atomic E-state index is 0.0978. The predicted molar refractivity (Wildman–Crippen MR) is 185 cm³/mol. The minimum Gasteiger partial charge on any atom is -0.472 e. The maximum atomic E-state index is 13.4. The highest BCUT2D eigenvalue weighted by atomic mass is 79.9. The first kappa shape index (κ1) is 38.3. The van der Waals surface area contributed by atoms with E-state index in [4.69, 9.17) is 42.3 Å². The lowest BCUT2D eigenvalue weighted by Gasteiger charge is -2.20. The van der Waals surface area contributed by atoms with Gasteiger partial charge in [0.05, 0.1) is 41.3 Å². The van der Waals surface area contributed by atoms with Crippen molar-refractivity contribution in [2.24, 2.45) is 0 Å². The van der Waals surface area contributed by atoms with Gasteiger partial charge in [0.25, 0.3) is 0 Å². The molecule has 2 aromatic heterocycles. The Kier molecular flexibility index (Phi) is 13.3. The molecule has 0 aliphatic carbocycles. The Morgan fingerprint density at radius 2 is 1.64 bits per heavy atom. The highest BCUT2D eigenvalue weighted by Crippen LogP contribution is 2.43. The number of amides is 1. The third kappa shape index (κ3) is 9.17. The summed E-state index contributed by atoms with van der Waals surface area (Å²) in [5, 5.41) is 15.9. The van der Waals surface area contributed by atoms with Crippen molar-refractivity contribution < 1.29 is 37.0 Å². The Labute approximate surface area is 304 Å². The number of hydrogen-bond donors (Lipinski definition) is 0. The van der Waals surface area contributed by atoms with Crippen LogP contribution in [-0.2, 0) is 33.8 Å². The molecular formula is C34H29BrCl2F3N5O5. The van der Waals surface area contributed by atoms with Crippen molar-refractivity contribution in [3.05, 3.63) is 116 Å². The standard InChI is InChI=1S/C19H18ClN3O4.C15H11BrClF3N2O/c1-25-19(24)23(26-2)17-6-4-3-5-14(17)13-27-18-11-12-22(21-18)16-9-7-15(20)8-10-16;1-2-23-8-22-13(9-3-5-10(17)6-4-9)11(7-21)12(16)14(22)15(18,19)20/h3-12H,13H2,1-2H3;3-6H,2,8H2,1H3. The van der Waals surface area contributed by atoms with E-state index in [-0.39, 0.29) is 35.7 Å². The molecule has 0 spiro atoms. The van der Waals surface area contributed by atoms with Gasteiger partial charge in [-0.2, -0.15) is 23.5 Å². The van der Waals surface area contributed by atoms with E-state index in [0.29, 0.717) is 27.2 Å². The van der Waals surface area contributed by atoms with Gasteiger partial charge in [-0.05, 0) is 70.9 Å². The van der Waals surface area contributed by atoms with Gasteiger partial charge in [0.1, 0.15) is 25.1 Å². The molecule has 0 aliphatic rings. The molecule has 0 atom stereocenters. The number of alkyl halides is 3. The van der Waals surface area contributed by atoms with Crippen molar-refractivity contribution in [1.82, 2.24) is 14.3 Å². The van der Waals surface area contributed by atoms with Crippen LogP contribution in [0.1, 0.15) is 23.7 Å². The van der Waals surface area contributed by atoms with Crippen LogP contribution < -0.4 is 9.80 Å². The van der Waals surface area contributed by atoms with E-state index in [9.17, 15) is 23.2 Å². The monoisotopic (exact) mass is 793 g/mol. The molecule has 0 radical (unpaired) electrons. The maximum absolute atomic E-state index is 13.4. The molecule has 1 amide bonds. The molecule has 0 saturated carbocycles. The number of hydroxylamine groups is 1. The molecule has 0 aliphatic heterocycles. The molecule has 262 valence electrons. The van der Waals surface area contributed by atoms with Gasteiger partial charge < -0.3 is 18.8 Å². The summed E-state index contributed by atoms with van der Waals surface area (Å²) >= 11 is 14.6. The topological polar surface area (TPSA) is 104 Å². The highest BCUT2D eigenvalue weighted by molar-refractivity contribution is 9.10. The zero-order valence-corrected chi connectivity index (χ0v) is 29.8. The van der Waals surface area contributed by atoms with E-state index in [1.54, 1.807) is 72.4 Å². The molecule has 5 rings (SSSR count). The van der Waals surface area contributed by atoms with Gasteiger partial charge >= 0.3 is 12.3 Å². The smallest absolute Gasteiger partial charge is 0.438 e. The molecular weight excluding hydrogens is 766 g/mol. The number of hydrogen-bond acceptors (Lipinski definition) is 7. The summed E-state index contributed by atoms with van der Waals surface area (Å²) in [7, 11) is 2.68. The number of rotatable bonds is 10. The summed E-state index contributed by atoms with van der Waals surface area (Å²) in [5.74, 6) is 0.446. The van der Waals surface area contributed by atoms with Crippen LogP contribution in [0.15, 0.2) is 89.5 Å². The van der Waals surface area contributed by atoms with Gasteiger partial charge in [-0.25, -0.2) is 9.48 Å². The van der Waals surface area contributed by atoms with E-state index in [2.05, 4.69) is 21.0 Å². The lowest BCUT2D eigenvalue weighted by Crippen LogP contribution is -2.30. The lowest BCUT2D eigenvalue weighted by atomic mass is 10.1. The van der Waals surface area contributed by atoms with Crippen molar-refractivity contribution in [3.63, 3.8) is 0 Å². The van der Waals surface area contributed by atoms with Crippen LogP contribution >= 0.6 is 39.1 Å². The molecule has 3 aromatic carbocycles. The highest BCUT2D eigenvalue weighted by Gasteiger charge is 2.40. The van der Waals surface area contributed by atoms with Gasteiger partial charge in [0, 0.05) is 34.5 Å². The Bertz CT molecular complexity index is 1940. The number of halogens is 6. The third-order valence-corrected chi connectivity index (χ3v) is 8.17. The molecule has 50 heavy (non-hydrogen) atoms. The quantitative estimate of drug-likeness (QED) is 0.130. The average Bonchev–Trinajstić information content (AvgIpc) is 3.69. The molecule has 16 heteroatoms. The molecule has 0 fully saturated rings. The summed E-state index contributed by atoms with van der Waals surface area (Å²) in [6, 6.07) is 24.3. The van der Waals surface area contributed by atoms with Gasteiger partial charge in [0.15, 0.2) is 0 Å². The van der Waals surface area contributed by atoms with E-state index < -0.39 is 18.0 Å². The van der Waals surface area contributed by atoms with E-state index in [0.717, 1.165) is 20.9 Å². The fourth-order valence-electron chi connectivity index (χ4n) is 4.65. The number of nitrogens with zero attached hydrogens (tertiary/aromatic N) is 5. The zero-order chi connectivity index (χ0) is 36.4. The van der Waals surface area contributed by atoms with Crippen LogP contribution in [0.3, 0.4) is 0 Å². The molecule has 0 saturated heterocycles. The Balaban J connectivity index is 0.000000228.